The molecule has 1 nitrogen and oxygen atoms in total. The molecule has 2 rings (SSSR count). The van der Waals surface area contributed by atoms with Crippen molar-refractivity contribution >= 4 is 0 Å². The van der Waals surface area contributed by atoms with Crippen LogP contribution in [-0.4, -0.2) is 13.2 Å². The quantitative estimate of drug-likeness (QED) is 0.551. The van der Waals surface area contributed by atoms with Gasteiger partial charge < -0.3 is 4.74 Å². The van der Waals surface area contributed by atoms with Crippen molar-refractivity contribution < 1.29 is 4.74 Å². The molecule has 0 heterocycles. The van der Waals surface area contributed by atoms with Crippen molar-refractivity contribution in [2.75, 3.05) is 7.11 Å². The Hall–Kier alpha value is -0.300. The summed E-state index contributed by atoms with van der Waals surface area (Å²) in [4.78, 5) is 0. The summed E-state index contributed by atoms with van der Waals surface area (Å²) < 4.78 is 5.50. The summed E-state index contributed by atoms with van der Waals surface area (Å²) in [6, 6.07) is 0. The van der Waals surface area contributed by atoms with Crippen LogP contribution in [0.3, 0.4) is 0 Å². The Morgan fingerprint density at radius 2 is 2.09 bits per heavy atom. The smallest absolute Gasteiger partial charge is 0.0667 e. The highest BCUT2D eigenvalue weighted by Crippen LogP contribution is 2.46. The van der Waals surface area contributed by atoms with E-state index in [1.807, 2.05) is 7.11 Å². The summed E-state index contributed by atoms with van der Waals surface area (Å²) in [6.07, 6.45) is 7.86. The lowest BCUT2D eigenvalue weighted by Crippen LogP contribution is -2.26. The third kappa shape index (κ3) is 0.943. The molecule has 4 unspecified atom stereocenters. The lowest BCUT2D eigenvalue weighted by molar-refractivity contribution is 0.0412. The molecule has 0 amide bonds. The van der Waals surface area contributed by atoms with Crippen molar-refractivity contribution in [1.82, 2.24) is 0 Å². The highest BCUT2D eigenvalue weighted by atomic mass is 16.5. The Morgan fingerprint density at radius 1 is 1.36 bits per heavy atom. The fourth-order valence-corrected chi connectivity index (χ4v) is 2.76. The zero-order valence-corrected chi connectivity index (χ0v) is 7.29. The van der Waals surface area contributed by atoms with Crippen LogP contribution in [0.25, 0.3) is 0 Å². The summed E-state index contributed by atoms with van der Waals surface area (Å²) in [5, 5.41) is 0. The van der Waals surface area contributed by atoms with Crippen LogP contribution in [0, 0.1) is 17.8 Å². The van der Waals surface area contributed by atoms with Crippen molar-refractivity contribution in [3.63, 3.8) is 0 Å². The molecule has 4 atom stereocenters. The summed E-state index contributed by atoms with van der Waals surface area (Å²) in [6.45, 7) is 2.27. The maximum Gasteiger partial charge on any atom is 0.0667 e. The fourth-order valence-electron chi connectivity index (χ4n) is 2.76. The molecule has 0 N–H and O–H groups in total. The van der Waals surface area contributed by atoms with Gasteiger partial charge in [-0.2, -0.15) is 0 Å². The van der Waals surface area contributed by atoms with E-state index in [1.54, 1.807) is 0 Å². The van der Waals surface area contributed by atoms with E-state index in [0.717, 1.165) is 17.8 Å². The van der Waals surface area contributed by atoms with Gasteiger partial charge in [-0.05, 0) is 18.3 Å². The van der Waals surface area contributed by atoms with Gasteiger partial charge in [0.25, 0.3) is 0 Å². The minimum Gasteiger partial charge on any atom is -0.381 e. The topological polar surface area (TPSA) is 9.23 Å². The Labute approximate surface area is 68.4 Å². The van der Waals surface area contributed by atoms with E-state index in [2.05, 4.69) is 19.1 Å². The van der Waals surface area contributed by atoms with Gasteiger partial charge in [0.05, 0.1) is 6.10 Å². The summed E-state index contributed by atoms with van der Waals surface area (Å²) in [5.41, 5.74) is 0. The largest absolute Gasteiger partial charge is 0.381 e. The number of rotatable bonds is 2. The van der Waals surface area contributed by atoms with Crippen LogP contribution in [0.2, 0.25) is 0 Å². The Balaban J connectivity index is 2.15. The van der Waals surface area contributed by atoms with Crippen molar-refractivity contribution in [2.45, 2.75) is 25.9 Å². The minimum atomic E-state index is 0.523. The van der Waals surface area contributed by atoms with Crippen LogP contribution < -0.4 is 0 Å². The lowest BCUT2D eigenvalue weighted by Gasteiger charge is -2.25. The van der Waals surface area contributed by atoms with Crippen LogP contribution in [0.4, 0.5) is 0 Å². The molecule has 0 aliphatic heterocycles. The zero-order valence-electron chi connectivity index (χ0n) is 7.29. The monoisotopic (exact) mass is 152 g/mol. The first-order valence-electron chi connectivity index (χ1n) is 4.58. The number of hydrogen-bond donors (Lipinski definition) is 0. The first-order valence-corrected chi connectivity index (χ1v) is 4.58. The van der Waals surface area contributed by atoms with Crippen LogP contribution in [-0.2, 0) is 4.74 Å². The van der Waals surface area contributed by atoms with Crippen molar-refractivity contribution in [1.29, 1.82) is 0 Å². The van der Waals surface area contributed by atoms with Gasteiger partial charge in [-0.25, -0.2) is 0 Å². The molecule has 2 bridgehead atoms. The van der Waals surface area contributed by atoms with E-state index in [4.69, 9.17) is 4.74 Å². The molecule has 1 fully saturated rings. The Bertz CT molecular complexity index is 156. The van der Waals surface area contributed by atoms with E-state index in [0.29, 0.717) is 6.10 Å². The van der Waals surface area contributed by atoms with Gasteiger partial charge in [0.2, 0.25) is 0 Å². The molecular formula is C10H16O. The van der Waals surface area contributed by atoms with Gasteiger partial charge in [-0.15, -0.1) is 0 Å². The van der Waals surface area contributed by atoms with Crippen LogP contribution in [0.5, 0.6) is 0 Å². The summed E-state index contributed by atoms with van der Waals surface area (Å²) in [5.74, 6) is 2.36. The molecule has 2 aliphatic carbocycles. The van der Waals surface area contributed by atoms with Gasteiger partial charge in [0, 0.05) is 13.0 Å². The van der Waals surface area contributed by atoms with Crippen molar-refractivity contribution in [3.8, 4) is 0 Å². The molecule has 0 spiro atoms. The third-order valence-corrected chi connectivity index (χ3v) is 3.29. The predicted molar refractivity (Wildman–Crippen MR) is 45.3 cm³/mol. The SMILES string of the molecule is CCC1C2C=CC(C2)C1OC. The first kappa shape index (κ1) is 7.35. The second kappa shape index (κ2) is 2.63. The van der Waals surface area contributed by atoms with E-state index in [-0.39, 0.29) is 0 Å². The minimum absolute atomic E-state index is 0.523. The molecule has 62 valence electrons. The normalized spacial score (nSPS) is 47.1. The average Bonchev–Trinajstić information content (AvgIpc) is 2.60. The molecule has 0 radical (unpaired) electrons. The summed E-state index contributed by atoms with van der Waals surface area (Å²) >= 11 is 0. The molecule has 1 heteroatoms. The Kier molecular flexibility index (Phi) is 1.76. The van der Waals surface area contributed by atoms with Gasteiger partial charge in [0.1, 0.15) is 0 Å². The summed E-state index contributed by atoms with van der Waals surface area (Å²) in [7, 11) is 1.85. The maximum absolute atomic E-state index is 5.50. The van der Waals surface area contributed by atoms with Crippen LogP contribution >= 0.6 is 0 Å². The molecule has 11 heavy (non-hydrogen) atoms. The molecular weight excluding hydrogens is 136 g/mol. The molecule has 1 saturated carbocycles. The zero-order chi connectivity index (χ0) is 7.84. The Morgan fingerprint density at radius 3 is 2.64 bits per heavy atom. The van der Waals surface area contributed by atoms with E-state index < -0.39 is 0 Å². The highest BCUT2D eigenvalue weighted by Gasteiger charge is 2.43. The maximum atomic E-state index is 5.50. The van der Waals surface area contributed by atoms with E-state index in [1.165, 1.54) is 12.8 Å². The van der Waals surface area contributed by atoms with Gasteiger partial charge in [0.15, 0.2) is 0 Å². The number of hydrogen-bond acceptors (Lipinski definition) is 1. The number of ether oxygens (including phenoxy) is 1. The highest BCUT2D eigenvalue weighted by molar-refractivity contribution is 5.14. The molecule has 0 aromatic heterocycles. The first-order chi connectivity index (χ1) is 5.36. The van der Waals surface area contributed by atoms with Crippen molar-refractivity contribution in [3.05, 3.63) is 12.2 Å². The number of allylic oxidation sites excluding steroid dienone is 1. The third-order valence-electron chi connectivity index (χ3n) is 3.29. The molecule has 0 saturated heterocycles. The standard InChI is InChI=1S/C10H16O/c1-3-9-7-4-5-8(6-7)10(9)11-2/h4-5,7-10H,3,6H2,1-2H3. The van der Waals surface area contributed by atoms with Crippen LogP contribution in [0.15, 0.2) is 12.2 Å². The number of methoxy groups -OCH3 is 1. The van der Waals surface area contributed by atoms with E-state index in [9.17, 15) is 0 Å². The second-order valence-corrected chi connectivity index (χ2v) is 3.72. The molecule has 2 aliphatic rings. The average molecular weight is 152 g/mol. The van der Waals surface area contributed by atoms with Gasteiger partial charge in [-0.3, -0.25) is 0 Å². The van der Waals surface area contributed by atoms with Crippen LogP contribution in [0.1, 0.15) is 19.8 Å². The number of fused-ring (bicyclic) bond motifs is 2. The van der Waals surface area contributed by atoms with Crippen molar-refractivity contribution in [2.24, 2.45) is 17.8 Å². The fraction of sp³-hybridized carbons (Fsp3) is 0.800. The second-order valence-electron chi connectivity index (χ2n) is 3.72. The molecule has 0 aromatic rings. The van der Waals surface area contributed by atoms with Gasteiger partial charge in [-0.1, -0.05) is 25.5 Å². The predicted octanol–water partition coefficient (Wildman–Crippen LogP) is 2.23. The van der Waals surface area contributed by atoms with E-state index >= 15 is 0 Å². The molecule has 0 aromatic carbocycles. The van der Waals surface area contributed by atoms with Gasteiger partial charge >= 0.3 is 0 Å². The lowest BCUT2D eigenvalue weighted by atomic mass is 9.89.